The minimum absolute atomic E-state index is 0.108. The smallest absolute Gasteiger partial charge is 0.311 e. The van der Waals surface area contributed by atoms with Gasteiger partial charge in [-0.1, -0.05) is 0 Å². The summed E-state index contributed by atoms with van der Waals surface area (Å²) in [6.07, 6.45) is 3.08. The van der Waals surface area contributed by atoms with E-state index in [1.807, 2.05) is 0 Å². The van der Waals surface area contributed by atoms with Crippen molar-refractivity contribution in [1.82, 2.24) is 5.32 Å². The zero-order valence-electron chi connectivity index (χ0n) is 9.85. The van der Waals surface area contributed by atoms with Crippen LogP contribution in [0.1, 0.15) is 19.3 Å². The lowest BCUT2D eigenvalue weighted by Gasteiger charge is -2.23. The van der Waals surface area contributed by atoms with Gasteiger partial charge < -0.3 is 19.9 Å². The highest BCUT2D eigenvalue weighted by molar-refractivity contribution is 5.80. The lowest BCUT2D eigenvalue weighted by atomic mass is 10.1. The van der Waals surface area contributed by atoms with Crippen LogP contribution in [0.4, 0.5) is 0 Å². The summed E-state index contributed by atoms with van der Waals surface area (Å²) in [5, 5.41) is 12.4. The molecule has 0 radical (unpaired) electrons. The van der Waals surface area contributed by atoms with Crippen LogP contribution in [-0.4, -0.2) is 43.7 Å². The van der Waals surface area contributed by atoms with Crippen LogP contribution < -0.4 is 5.32 Å². The highest BCUT2D eigenvalue weighted by Crippen LogP contribution is 2.61. The van der Waals surface area contributed by atoms with Gasteiger partial charge in [0, 0.05) is 19.1 Å². The second kappa shape index (κ2) is 4.23. The van der Waals surface area contributed by atoms with Gasteiger partial charge in [0.15, 0.2) is 6.29 Å². The maximum absolute atomic E-state index is 11.3. The number of fused-ring (bicyclic) bond motifs is 1. The maximum atomic E-state index is 11.3. The number of ether oxygens (including phenoxy) is 2. The second-order valence-electron chi connectivity index (χ2n) is 5.32. The topological polar surface area (TPSA) is 67.8 Å². The molecule has 2 aliphatic heterocycles. The molecule has 5 heteroatoms. The van der Waals surface area contributed by atoms with Crippen molar-refractivity contribution in [3.63, 3.8) is 0 Å². The number of rotatable bonds is 4. The molecule has 0 aromatic rings. The fraction of sp³-hybridized carbons (Fsp3) is 0.917. The molecule has 1 saturated carbocycles. The predicted molar refractivity (Wildman–Crippen MR) is 59.5 cm³/mol. The van der Waals surface area contributed by atoms with Gasteiger partial charge in [-0.15, -0.1) is 0 Å². The first-order valence-corrected chi connectivity index (χ1v) is 6.42. The van der Waals surface area contributed by atoms with Crippen LogP contribution in [0.5, 0.6) is 0 Å². The summed E-state index contributed by atoms with van der Waals surface area (Å²) in [7, 11) is 0. The third-order valence-corrected chi connectivity index (χ3v) is 4.48. The molecule has 0 bridgehead atoms. The van der Waals surface area contributed by atoms with Gasteiger partial charge in [0.1, 0.15) is 0 Å². The second-order valence-corrected chi connectivity index (χ2v) is 5.32. The number of hydrogen-bond donors (Lipinski definition) is 2. The van der Waals surface area contributed by atoms with Crippen LogP contribution in [-0.2, 0) is 14.3 Å². The van der Waals surface area contributed by atoms with E-state index in [1.165, 1.54) is 0 Å². The summed E-state index contributed by atoms with van der Waals surface area (Å²) in [6, 6.07) is 0. The third-order valence-electron chi connectivity index (χ3n) is 4.48. The van der Waals surface area contributed by atoms with Crippen molar-refractivity contribution >= 4 is 5.97 Å². The zero-order valence-corrected chi connectivity index (χ0v) is 9.85. The van der Waals surface area contributed by atoms with E-state index in [0.717, 1.165) is 32.4 Å². The molecule has 3 rings (SSSR count). The number of aliphatic carboxylic acids is 1. The summed E-state index contributed by atoms with van der Waals surface area (Å²) >= 11 is 0. The average molecular weight is 241 g/mol. The first kappa shape index (κ1) is 11.4. The van der Waals surface area contributed by atoms with Crippen LogP contribution >= 0.6 is 0 Å². The Morgan fingerprint density at radius 2 is 2.41 bits per heavy atom. The van der Waals surface area contributed by atoms with Gasteiger partial charge >= 0.3 is 5.97 Å². The fourth-order valence-corrected chi connectivity index (χ4v) is 3.34. The molecule has 2 N–H and O–H groups in total. The number of nitrogens with one attached hydrogen (secondary N) is 1. The minimum Gasteiger partial charge on any atom is -0.481 e. The van der Waals surface area contributed by atoms with Crippen molar-refractivity contribution in [2.24, 2.45) is 17.3 Å². The molecule has 4 atom stereocenters. The van der Waals surface area contributed by atoms with E-state index in [2.05, 4.69) is 5.32 Å². The Morgan fingerprint density at radius 3 is 3.06 bits per heavy atom. The Hall–Kier alpha value is -0.650. The first-order chi connectivity index (χ1) is 8.25. The molecule has 2 saturated heterocycles. The molecule has 1 aliphatic carbocycles. The van der Waals surface area contributed by atoms with Crippen LogP contribution in [0.2, 0.25) is 0 Å². The molecular formula is C12H19NO4. The van der Waals surface area contributed by atoms with Gasteiger partial charge in [0.2, 0.25) is 0 Å². The average Bonchev–Trinajstić information content (AvgIpc) is 2.75. The summed E-state index contributed by atoms with van der Waals surface area (Å²) in [5.74, 6) is -0.249. The van der Waals surface area contributed by atoms with Crippen molar-refractivity contribution < 1.29 is 19.4 Å². The first-order valence-electron chi connectivity index (χ1n) is 6.42. The molecule has 0 aromatic heterocycles. The van der Waals surface area contributed by atoms with Crippen molar-refractivity contribution in [3.8, 4) is 0 Å². The number of piperidine rings is 1. The standard InChI is InChI=1S/C12H19NO4/c14-11(15)12-7-13-5-8(12)9(12)6-17-10-3-1-2-4-16-10/h8-10,13H,1-7H2,(H,14,15). The summed E-state index contributed by atoms with van der Waals surface area (Å²) in [6.45, 7) is 2.70. The van der Waals surface area contributed by atoms with Crippen molar-refractivity contribution in [1.29, 1.82) is 0 Å². The lowest BCUT2D eigenvalue weighted by molar-refractivity contribution is -0.168. The fourth-order valence-electron chi connectivity index (χ4n) is 3.34. The Bertz CT molecular complexity index is 316. The van der Waals surface area contributed by atoms with Gasteiger partial charge in [0.05, 0.1) is 12.0 Å². The summed E-state index contributed by atoms with van der Waals surface area (Å²) in [5.41, 5.74) is -0.547. The number of hydrogen-bond acceptors (Lipinski definition) is 4. The Balaban J connectivity index is 1.52. The number of carboxylic acids is 1. The predicted octanol–water partition coefficient (Wildman–Crippen LogP) is 0.450. The van der Waals surface area contributed by atoms with Gasteiger partial charge in [-0.05, 0) is 31.7 Å². The minimum atomic E-state index is -0.675. The van der Waals surface area contributed by atoms with Crippen molar-refractivity contribution in [3.05, 3.63) is 0 Å². The van der Waals surface area contributed by atoms with E-state index in [0.29, 0.717) is 13.2 Å². The zero-order chi connectivity index (χ0) is 11.9. The summed E-state index contributed by atoms with van der Waals surface area (Å²) < 4.78 is 11.2. The van der Waals surface area contributed by atoms with E-state index < -0.39 is 11.4 Å². The van der Waals surface area contributed by atoms with Crippen LogP contribution in [0.15, 0.2) is 0 Å². The van der Waals surface area contributed by atoms with Crippen molar-refractivity contribution in [2.75, 3.05) is 26.3 Å². The Labute approximate surface area is 100 Å². The molecule has 5 nitrogen and oxygen atoms in total. The monoisotopic (exact) mass is 241 g/mol. The Morgan fingerprint density at radius 1 is 1.53 bits per heavy atom. The largest absolute Gasteiger partial charge is 0.481 e. The normalized spacial score (nSPS) is 44.4. The Kier molecular flexibility index (Phi) is 2.84. The van der Waals surface area contributed by atoms with Crippen molar-refractivity contribution in [2.45, 2.75) is 25.6 Å². The molecular weight excluding hydrogens is 222 g/mol. The molecule has 17 heavy (non-hydrogen) atoms. The van der Waals surface area contributed by atoms with Crippen LogP contribution in [0.25, 0.3) is 0 Å². The van der Waals surface area contributed by atoms with Gasteiger partial charge in [0.25, 0.3) is 0 Å². The molecule has 0 spiro atoms. The maximum Gasteiger partial charge on any atom is 0.311 e. The molecule has 4 unspecified atom stereocenters. The molecule has 3 aliphatic rings. The van der Waals surface area contributed by atoms with Crippen LogP contribution in [0, 0.1) is 17.3 Å². The highest BCUT2D eigenvalue weighted by atomic mass is 16.7. The molecule has 3 fully saturated rings. The van der Waals surface area contributed by atoms with E-state index in [-0.39, 0.29) is 18.1 Å². The molecule has 2 heterocycles. The SMILES string of the molecule is O=C(O)C12CNCC1C2COC1CCCCO1. The lowest BCUT2D eigenvalue weighted by Crippen LogP contribution is -2.30. The van der Waals surface area contributed by atoms with E-state index in [4.69, 9.17) is 9.47 Å². The number of carbonyl (C=O) groups is 1. The van der Waals surface area contributed by atoms with Gasteiger partial charge in [-0.2, -0.15) is 0 Å². The van der Waals surface area contributed by atoms with E-state index in [9.17, 15) is 9.90 Å². The van der Waals surface area contributed by atoms with E-state index in [1.54, 1.807) is 0 Å². The molecule has 0 aromatic carbocycles. The van der Waals surface area contributed by atoms with E-state index >= 15 is 0 Å². The third kappa shape index (κ3) is 1.77. The summed E-state index contributed by atoms with van der Waals surface area (Å²) in [4.78, 5) is 11.3. The van der Waals surface area contributed by atoms with Crippen LogP contribution in [0.3, 0.4) is 0 Å². The molecule has 96 valence electrons. The van der Waals surface area contributed by atoms with Gasteiger partial charge in [-0.3, -0.25) is 4.79 Å². The highest BCUT2D eigenvalue weighted by Gasteiger charge is 2.71. The van der Waals surface area contributed by atoms with Gasteiger partial charge in [-0.25, -0.2) is 0 Å². The number of carboxylic acid groups (broad SMARTS) is 1. The molecule has 0 amide bonds. The quantitative estimate of drug-likeness (QED) is 0.748.